The first-order valence-electron chi connectivity index (χ1n) is 4.78. The van der Waals surface area contributed by atoms with E-state index < -0.39 is 0 Å². The van der Waals surface area contributed by atoms with Crippen LogP contribution in [0.5, 0.6) is 0 Å². The zero-order valence-electron chi connectivity index (χ0n) is 8.51. The van der Waals surface area contributed by atoms with Gasteiger partial charge < -0.3 is 5.73 Å². The smallest absolute Gasteiger partial charge is 0.101 e. The Balaban J connectivity index is 2.32. The van der Waals surface area contributed by atoms with E-state index >= 15 is 0 Å². The molecular formula is C12H10N2S2. The summed E-state index contributed by atoms with van der Waals surface area (Å²) >= 11 is 3.20. The number of allylic oxidation sites excluding steroid dienone is 1. The van der Waals surface area contributed by atoms with Gasteiger partial charge in [-0.1, -0.05) is 6.07 Å². The summed E-state index contributed by atoms with van der Waals surface area (Å²) in [6.45, 7) is 0.555. The van der Waals surface area contributed by atoms with Gasteiger partial charge in [-0.15, -0.1) is 22.7 Å². The van der Waals surface area contributed by atoms with Crippen molar-refractivity contribution >= 4 is 34.3 Å². The number of hydrogen-bond donors (Lipinski definition) is 1. The van der Waals surface area contributed by atoms with Crippen molar-refractivity contribution in [3.63, 3.8) is 0 Å². The highest BCUT2D eigenvalue weighted by Crippen LogP contribution is 2.25. The van der Waals surface area contributed by atoms with Gasteiger partial charge in [0.05, 0.1) is 5.57 Å². The number of nitrogens with two attached hydrogens (primary N) is 1. The maximum absolute atomic E-state index is 9.09. The van der Waals surface area contributed by atoms with E-state index in [0.29, 0.717) is 12.1 Å². The Morgan fingerprint density at radius 1 is 1.44 bits per heavy atom. The van der Waals surface area contributed by atoms with Crippen molar-refractivity contribution in [2.24, 2.45) is 5.73 Å². The third-order valence-corrected chi connectivity index (χ3v) is 4.04. The molecule has 0 aliphatic heterocycles. The van der Waals surface area contributed by atoms with Crippen molar-refractivity contribution in [2.75, 3.05) is 0 Å². The molecule has 0 saturated heterocycles. The van der Waals surface area contributed by atoms with Crippen LogP contribution in [0.25, 0.3) is 11.6 Å². The van der Waals surface area contributed by atoms with Gasteiger partial charge in [-0.3, -0.25) is 0 Å². The highest BCUT2D eigenvalue weighted by atomic mass is 32.1. The summed E-state index contributed by atoms with van der Waals surface area (Å²) in [5, 5.41) is 11.1. The molecule has 2 nitrogen and oxygen atoms in total. The fourth-order valence-electron chi connectivity index (χ4n) is 1.31. The highest BCUT2D eigenvalue weighted by Gasteiger charge is 2.03. The maximum Gasteiger partial charge on any atom is 0.101 e. The van der Waals surface area contributed by atoms with Crippen LogP contribution in [0, 0.1) is 11.3 Å². The third-order valence-electron chi connectivity index (χ3n) is 2.08. The van der Waals surface area contributed by atoms with Crippen LogP contribution in [-0.2, 0) is 6.54 Å². The van der Waals surface area contributed by atoms with E-state index in [0.717, 1.165) is 14.6 Å². The lowest BCUT2D eigenvalue weighted by Gasteiger charge is -1.91. The second-order valence-electron chi connectivity index (χ2n) is 3.16. The Bertz CT molecular complexity index is 530. The van der Waals surface area contributed by atoms with Crippen LogP contribution in [0.2, 0.25) is 0 Å². The van der Waals surface area contributed by atoms with Crippen LogP contribution in [0.15, 0.2) is 29.6 Å². The zero-order valence-corrected chi connectivity index (χ0v) is 10.1. The second kappa shape index (κ2) is 5.08. The summed E-state index contributed by atoms with van der Waals surface area (Å²) in [4.78, 5) is 3.21. The number of thiophene rings is 2. The van der Waals surface area contributed by atoms with Gasteiger partial charge in [0, 0.05) is 21.2 Å². The second-order valence-corrected chi connectivity index (χ2v) is 5.30. The molecule has 0 unspecified atom stereocenters. The highest BCUT2D eigenvalue weighted by molar-refractivity contribution is 7.13. The van der Waals surface area contributed by atoms with E-state index in [4.69, 9.17) is 11.0 Å². The number of rotatable bonds is 3. The SMILES string of the molecule is N#CC(=Cc1ccc(CN)s1)c1cccs1. The molecule has 0 aliphatic carbocycles. The van der Waals surface area contributed by atoms with Gasteiger partial charge in [0.15, 0.2) is 0 Å². The summed E-state index contributed by atoms with van der Waals surface area (Å²) < 4.78 is 0. The van der Waals surface area contributed by atoms with Crippen molar-refractivity contribution < 1.29 is 0 Å². The maximum atomic E-state index is 9.09. The molecular weight excluding hydrogens is 236 g/mol. The zero-order chi connectivity index (χ0) is 11.4. The molecule has 80 valence electrons. The molecule has 2 aromatic rings. The number of hydrogen-bond acceptors (Lipinski definition) is 4. The lowest BCUT2D eigenvalue weighted by molar-refractivity contribution is 1.11. The molecule has 2 rings (SSSR count). The molecule has 0 aromatic carbocycles. The lowest BCUT2D eigenvalue weighted by Crippen LogP contribution is -1.90. The molecule has 0 spiro atoms. The van der Waals surface area contributed by atoms with Gasteiger partial charge >= 0.3 is 0 Å². The first kappa shape index (κ1) is 11.1. The summed E-state index contributed by atoms with van der Waals surface area (Å²) in [6, 6.07) is 10.1. The van der Waals surface area contributed by atoms with E-state index in [9.17, 15) is 0 Å². The molecule has 0 radical (unpaired) electrons. The molecule has 2 heterocycles. The van der Waals surface area contributed by atoms with Crippen LogP contribution >= 0.6 is 22.7 Å². The molecule has 2 N–H and O–H groups in total. The van der Waals surface area contributed by atoms with Gasteiger partial charge in [0.25, 0.3) is 0 Å². The van der Waals surface area contributed by atoms with E-state index in [1.165, 1.54) is 0 Å². The van der Waals surface area contributed by atoms with Crippen LogP contribution in [0.1, 0.15) is 14.6 Å². The Morgan fingerprint density at radius 2 is 2.31 bits per heavy atom. The molecule has 0 fully saturated rings. The standard InChI is InChI=1S/C12H10N2S2/c13-7-9(12-2-1-5-15-12)6-10-3-4-11(8-14)16-10/h1-6H,8,14H2. The summed E-state index contributed by atoms with van der Waals surface area (Å²) in [7, 11) is 0. The van der Waals surface area contributed by atoms with Crippen molar-refractivity contribution in [3.05, 3.63) is 44.3 Å². The van der Waals surface area contributed by atoms with Gasteiger partial charge in [0.1, 0.15) is 6.07 Å². The van der Waals surface area contributed by atoms with Gasteiger partial charge in [-0.25, -0.2) is 0 Å². The molecule has 0 saturated carbocycles. The topological polar surface area (TPSA) is 49.8 Å². The normalized spacial score (nSPS) is 11.4. The Hall–Kier alpha value is -1.41. The van der Waals surface area contributed by atoms with Crippen LogP contribution in [0.4, 0.5) is 0 Å². The minimum atomic E-state index is 0.555. The fourth-order valence-corrected chi connectivity index (χ4v) is 2.84. The van der Waals surface area contributed by atoms with Crippen molar-refractivity contribution in [1.82, 2.24) is 0 Å². The fraction of sp³-hybridized carbons (Fsp3) is 0.0833. The summed E-state index contributed by atoms with van der Waals surface area (Å²) in [5.41, 5.74) is 6.26. The van der Waals surface area contributed by atoms with Gasteiger partial charge in [-0.05, 0) is 29.7 Å². The average molecular weight is 246 g/mol. The lowest BCUT2D eigenvalue weighted by atomic mass is 10.2. The Labute approximate surface area is 102 Å². The molecule has 0 bridgehead atoms. The van der Waals surface area contributed by atoms with Crippen LogP contribution < -0.4 is 5.73 Å². The predicted octanol–water partition coefficient (Wildman–Crippen LogP) is 3.33. The molecule has 2 aromatic heterocycles. The molecule has 0 amide bonds. The van der Waals surface area contributed by atoms with Crippen LogP contribution in [0.3, 0.4) is 0 Å². The van der Waals surface area contributed by atoms with Crippen molar-refractivity contribution in [2.45, 2.75) is 6.54 Å². The molecule has 16 heavy (non-hydrogen) atoms. The average Bonchev–Trinajstić information content (AvgIpc) is 2.96. The molecule has 0 aliphatic rings. The summed E-state index contributed by atoms with van der Waals surface area (Å²) in [6.07, 6.45) is 1.91. The molecule has 0 atom stereocenters. The first-order chi connectivity index (χ1) is 7.83. The van der Waals surface area contributed by atoms with E-state index in [1.807, 2.05) is 35.7 Å². The van der Waals surface area contributed by atoms with Crippen molar-refractivity contribution in [1.29, 1.82) is 5.26 Å². The predicted molar refractivity (Wildman–Crippen MR) is 70.0 cm³/mol. The van der Waals surface area contributed by atoms with Crippen molar-refractivity contribution in [3.8, 4) is 6.07 Å². The quantitative estimate of drug-likeness (QED) is 0.844. The van der Waals surface area contributed by atoms with Gasteiger partial charge in [-0.2, -0.15) is 5.26 Å². The van der Waals surface area contributed by atoms with Crippen LogP contribution in [-0.4, -0.2) is 0 Å². The van der Waals surface area contributed by atoms with Gasteiger partial charge in [0.2, 0.25) is 0 Å². The minimum Gasteiger partial charge on any atom is -0.326 e. The third kappa shape index (κ3) is 2.39. The largest absolute Gasteiger partial charge is 0.326 e. The Kier molecular flexibility index (Phi) is 3.52. The monoisotopic (exact) mass is 246 g/mol. The van der Waals surface area contributed by atoms with E-state index in [1.54, 1.807) is 22.7 Å². The first-order valence-corrected chi connectivity index (χ1v) is 6.47. The molecule has 4 heteroatoms. The Morgan fingerprint density at radius 3 is 2.88 bits per heavy atom. The number of nitrogens with zero attached hydrogens (tertiary/aromatic N) is 1. The minimum absolute atomic E-state index is 0.555. The van der Waals surface area contributed by atoms with E-state index in [-0.39, 0.29) is 0 Å². The number of nitriles is 1. The summed E-state index contributed by atoms with van der Waals surface area (Å²) in [5.74, 6) is 0. The van der Waals surface area contributed by atoms with E-state index in [2.05, 4.69) is 6.07 Å².